The third kappa shape index (κ3) is 3.19. The van der Waals surface area contributed by atoms with Crippen molar-refractivity contribution in [1.29, 1.82) is 0 Å². The van der Waals surface area contributed by atoms with Crippen molar-refractivity contribution < 1.29 is 9.59 Å². The van der Waals surface area contributed by atoms with Gasteiger partial charge in [-0.05, 0) is 6.42 Å². The minimum atomic E-state index is -0.186. The monoisotopic (exact) mass is 144 g/mol. The molecule has 0 fully saturated rings. The van der Waals surface area contributed by atoms with Gasteiger partial charge in [0, 0.05) is 6.42 Å². The lowest BCUT2D eigenvalue weighted by molar-refractivity contribution is -0.133. The van der Waals surface area contributed by atoms with Crippen LogP contribution in [0.1, 0.15) is 19.8 Å². The van der Waals surface area contributed by atoms with Crippen LogP contribution in [0, 0.1) is 0 Å². The Hall–Kier alpha value is -0.900. The Morgan fingerprint density at radius 2 is 2.30 bits per heavy atom. The van der Waals surface area contributed by atoms with Crippen LogP contribution in [0.5, 0.6) is 0 Å². The third-order valence-corrected chi connectivity index (χ3v) is 1.06. The van der Waals surface area contributed by atoms with E-state index in [1.54, 1.807) is 0 Å². The van der Waals surface area contributed by atoms with E-state index in [9.17, 15) is 9.59 Å². The lowest BCUT2D eigenvalue weighted by atomic mass is 10.3. The Morgan fingerprint density at radius 1 is 1.70 bits per heavy atom. The average molecular weight is 144 g/mol. The second-order valence-electron chi connectivity index (χ2n) is 1.96. The summed E-state index contributed by atoms with van der Waals surface area (Å²) >= 11 is 0. The number of amides is 1. The number of hydrogen-bond donors (Lipinski definition) is 1. The van der Waals surface area contributed by atoms with E-state index in [4.69, 9.17) is 5.84 Å². The molecule has 0 unspecified atom stereocenters. The Kier molecular flexibility index (Phi) is 4.49. The normalized spacial score (nSPS) is 9.00. The summed E-state index contributed by atoms with van der Waals surface area (Å²) < 4.78 is 0. The van der Waals surface area contributed by atoms with E-state index in [1.807, 2.05) is 6.92 Å². The molecule has 1 amide bonds. The van der Waals surface area contributed by atoms with Crippen LogP contribution in [-0.2, 0) is 9.59 Å². The summed E-state index contributed by atoms with van der Waals surface area (Å²) in [4.78, 5) is 20.6. The fourth-order valence-electron chi connectivity index (χ4n) is 0.540. The number of hydrogen-bond acceptors (Lipinski definition) is 3. The second kappa shape index (κ2) is 4.93. The van der Waals surface area contributed by atoms with Crippen molar-refractivity contribution in [3.05, 3.63) is 0 Å². The van der Waals surface area contributed by atoms with Gasteiger partial charge in [0.2, 0.25) is 5.91 Å². The van der Waals surface area contributed by atoms with Gasteiger partial charge in [-0.15, -0.1) is 0 Å². The zero-order valence-electron chi connectivity index (χ0n) is 6.04. The first kappa shape index (κ1) is 9.10. The van der Waals surface area contributed by atoms with Crippen LogP contribution in [0.25, 0.3) is 0 Å². The molecule has 0 aromatic rings. The maximum Gasteiger partial charge on any atom is 0.236 e. The molecule has 0 atom stereocenters. The Morgan fingerprint density at radius 3 is 2.70 bits per heavy atom. The van der Waals surface area contributed by atoms with Gasteiger partial charge < -0.3 is 4.79 Å². The van der Waals surface area contributed by atoms with E-state index < -0.39 is 0 Å². The smallest absolute Gasteiger partial charge is 0.236 e. The highest BCUT2D eigenvalue weighted by molar-refractivity contribution is 5.77. The molecule has 4 heteroatoms. The minimum Gasteiger partial charge on any atom is -0.301 e. The number of nitrogens with zero attached hydrogens (tertiary/aromatic N) is 1. The number of hydrazine groups is 1. The van der Waals surface area contributed by atoms with Gasteiger partial charge in [-0.25, -0.2) is 5.84 Å². The molecular weight excluding hydrogens is 132 g/mol. The molecule has 4 nitrogen and oxygen atoms in total. The molecule has 0 saturated carbocycles. The van der Waals surface area contributed by atoms with E-state index in [0.29, 0.717) is 12.7 Å². The van der Waals surface area contributed by atoms with Crippen LogP contribution >= 0.6 is 0 Å². The van der Waals surface area contributed by atoms with Crippen LogP contribution in [-0.4, -0.2) is 23.7 Å². The van der Waals surface area contributed by atoms with Crippen LogP contribution in [0.15, 0.2) is 0 Å². The van der Waals surface area contributed by atoms with Crippen molar-refractivity contribution in [2.75, 3.05) is 6.54 Å². The summed E-state index contributed by atoms with van der Waals surface area (Å²) in [5.74, 6) is 4.98. The Balaban J connectivity index is 3.58. The predicted molar refractivity (Wildman–Crippen MR) is 36.9 cm³/mol. The third-order valence-electron chi connectivity index (χ3n) is 1.06. The first-order valence-corrected chi connectivity index (χ1v) is 3.21. The van der Waals surface area contributed by atoms with Gasteiger partial charge in [0.05, 0.1) is 6.54 Å². The topological polar surface area (TPSA) is 63.4 Å². The van der Waals surface area contributed by atoms with Crippen LogP contribution < -0.4 is 5.84 Å². The summed E-state index contributed by atoms with van der Waals surface area (Å²) in [7, 11) is 0. The van der Waals surface area contributed by atoms with E-state index >= 15 is 0 Å². The van der Waals surface area contributed by atoms with Gasteiger partial charge in [-0.1, -0.05) is 6.92 Å². The molecule has 2 N–H and O–H groups in total. The number of carbonyl (C=O) groups is 2. The molecule has 0 bridgehead atoms. The largest absolute Gasteiger partial charge is 0.301 e. The van der Waals surface area contributed by atoms with Crippen LogP contribution in [0.2, 0.25) is 0 Å². The summed E-state index contributed by atoms with van der Waals surface area (Å²) in [6, 6.07) is 0. The lowest BCUT2D eigenvalue weighted by Crippen LogP contribution is -2.38. The standard InChI is InChI=1S/C6H12N2O2/c1-2-3-6(10)8(7)4-5-9/h5H,2-4,7H2,1H3. The van der Waals surface area contributed by atoms with Gasteiger partial charge in [0.1, 0.15) is 6.29 Å². The van der Waals surface area contributed by atoms with E-state index in [0.717, 1.165) is 11.4 Å². The van der Waals surface area contributed by atoms with E-state index in [-0.39, 0.29) is 12.5 Å². The van der Waals surface area contributed by atoms with Gasteiger partial charge in [-0.2, -0.15) is 0 Å². The SMILES string of the molecule is CCCC(=O)N(N)CC=O. The molecule has 58 valence electrons. The summed E-state index contributed by atoms with van der Waals surface area (Å²) in [5.41, 5.74) is 0. The molecular formula is C6H12N2O2. The molecule has 10 heavy (non-hydrogen) atoms. The molecule has 0 aromatic carbocycles. The van der Waals surface area contributed by atoms with Gasteiger partial charge in [0.25, 0.3) is 0 Å². The highest BCUT2D eigenvalue weighted by atomic mass is 16.2. The predicted octanol–water partition coefficient (Wildman–Crippen LogP) is -0.312. The van der Waals surface area contributed by atoms with E-state index in [1.165, 1.54) is 0 Å². The van der Waals surface area contributed by atoms with Crippen molar-refractivity contribution in [3.8, 4) is 0 Å². The maximum absolute atomic E-state index is 10.8. The molecule has 0 aliphatic heterocycles. The minimum absolute atomic E-state index is 0.0150. The van der Waals surface area contributed by atoms with Gasteiger partial charge in [-0.3, -0.25) is 9.80 Å². The fourth-order valence-corrected chi connectivity index (χ4v) is 0.540. The van der Waals surface area contributed by atoms with Crippen molar-refractivity contribution in [2.24, 2.45) is 5.84 Å². The van der Waals surface area contributed by atoms with Gasteiger partial charge in [0.15, 0.2) is 0 Å². The number of rotatable bonds is 4. The molecule has 0 aromatic heterocycles. The highest BCUT2D eigenvalue weighted by Crippen LogP contribution is 1.90. The first-order chi connectivity index (χ1) is 4.72. The zero-order chi connectivity index (χ0) is 7.98. The summed E-state index contributed by atoms with van der Waals surface area (Å²) in [6.45, 7) is 1.87. The lowest BCUT2D eigenvalue weighted by Gasteiger charge is -2.11. The molecule has 0 saturated heterocycles. The zero-order valence-corrected chi connectivity index (χ0v) is 6.04. The van der Waals surface area contributed by atoms with Crippen molar-refractivity contribution in [2.45, 2.75) is 19.8 Å². The number of aldehydes is 1. The molecule has 0 radical (unpaired) electrons. The molecule has 0 heterocycles. The number of carbonyl (C=O) groups excluding carboxylic acids is 2. The molecule has 0 aliphatic carbocycles. The van der Waals surface area contributed by atoms with Crippen molar-refractivity contribution >= 4 is 12.2 Å². The Labute approximate surface area is 60.0 Å². The van der Waals surface area contributed by atoms with Gasteiger partial charge >= 0.3 is 0 Å². The molecule has 0 spiro atoms. The first-order valence-electron chi connectivity index (χ1n) is 3.21. The molecule has 0 aliphatic rings. The fraction of sp³-hybridized carbons (Fsp3) is 0.667. The van der Waals surface area contributed by atoms with Crippen molar-refractivity contribution in [3.63, 3.8) is 0 Å². The van der Waals surface area contributed by atoms with Crippen LogP contribution in [0.3, 0.4) is 0 Å². The van der Waals surface area contributed by atoms with Crippen LogP contribution in [0.4, 0.5) is 0 Å². The summed E-state index contributed by atoms with van der Waals surface area (Å²) in [5, 5.41) is 0.927. The van der Waals surface area contributed by atoms with Crippen molar-refractivity contribution in [1.82, 2.24) is 5.01 Å². The average Bonchev–Trinajstić information content (AvgIpc) is 1.89. The Bertz CT molecular complexity index is 125. The molecule has 0 rings (SSSR count). The quantitative estimate of drug-likeness (QED) is 0.255. The maximum atomic E-state index is 10.8. The highest BCUT2D eigenvalue weighted by Gasteiger charge is 2.05. The number of nitrogens with two attached hydrogens (primary N) is 1. The van der Waals surface area contributed by atoms with E-state index in [2.05, 4.69) is 0 Å². The second-order valence-corrected chi connectivity index (χ2v) is 1.96. The summed E-state index contributed by atoms with van der Waals surface area (Å²) in [6.07, 6.45) is 1.77.